The summed E-state index contributed by atoms with van der Waals surface area (Å²) in [7, 11) is 1.68. The summed E-state index contributed by atoms with van der Waals surface area (Å²) in [6, 6.07) is 0. The lowest BCUT2D eigenvalue weighted by Gasteiger charge is -1.83. The van der Waals surface area contributed by atoms with E-state index in [2.05, 4.69) is 0 Å². The molecule has 10 heavy (non-hydrogen) atoms. The molecule has 0 heterocycles. The molecule has 0 N–H and O–H groups in total. The van der Waals surface area contributed by atoms with Crippen molar-refractivity contribution >= 4 is 0 Å². The van der Waals surface area contributed by atoms with Crippen LogP contribution in [0.2, 0.25) is 0 Å². The van der Waals surface area contributed by atoms with Crippen LogP contribution in [0, 0.1) is 0 Å². The van der Waals surface area contributed by atoms with Gasteiger partial charge in [0.25, 0.3) is 0 Å². The van der Waals surface area contributed by atoms with E-state index in [1.165, 1.54) is 0 Å². The number of hydrogen-bond donors (Lipinski definition) is 0. The monoisotopic (exact) mass is 138 g/mol. The molecule has 0 bridgehead atoms. The van der Waals surface area contributed by atoms with Gasteiger partial charge in [-0.15, -0.1) is 0 Å². The number of methoxy groups -OCH3 is 1. The minimum absolute atomic E-state index is 0.681. The van der Waals surface area contributed by atoms with Gasteiger partial charge < -0.3 is 4.74 Å². The summed E-state index contributed by atoms with van der Waals surface area (Å²) < 4.78 is 4.81. The summed E-state index contributed by atoms with van der Waals surface area (Å²) >= 11 is 0. The van der Waals surface area contributed by atoms with Crippen LogP contribution in [0.4, 0.5) is 0 Å². The quantitative estimate of drug-likeness (QED) is 0.542. The molecule has 56 valence electrons. The number of allylic oxidation sites excluding steroid dienone is 5. The highest BCUT2D eigenvalue weighted by molar-refractivity contribution is 5.10. The maximum atomic E-state index is 4.81. The van der Waals surface area contributed by atoms with Crippen LogP contribution in [-0.2, 0) is 4.74 Å². The summed E-state index contributed by atoms with van der Waals surface area (Å²) in [6.45, 7) is 2.67. The molecule has 0 saturated carbocycles. The van der Waals surface area contributed by atoms with Gasteiger partial charge in [-0.1, -0.05) is 36.5 Å². The second-order valence-corrected chi connectivity index (χ2v) is 1.79. The van der Waals surface area contributed by atoms with Gasteiger partial charge in [-0.3, -0.25) is 0 Å². The summed E-state index contributed by atoms with van der Waals surface area (Å²) in [6.07, 6.45) is 11.8. The maximum Gasteiger partial charge on any atom is 0.0646 e. The van der Waals surface area contributed by atoms with Gasteiger partial charge in [-0.2, -0.15) is 0 Å². The molecule has 0 saturated heterocycles. The van der Waals surface area contributed by atoms with E-state index in [0.717, 1.165) is 0 Å². The third kappa shape index (κ3) is 7.18. The fraction of sp³-hybridized carbons (Fsp3) is 0.333. The van der Waals surface area contributed by atoms with Gasteiger partial charge in [0, 0.05) is 7.11 Å². The lowest BCUT2D eigenvalue weighted by atomic mass is 10.4. The van der Waals surface area contributed by atoms with Crippen molar-refractivity contribution in [2.24, 2.45) is 0 Å². The summed E-state index contributed by atoms with van der Waals surface area (Å²) in [5.41, 5.74) is 0. The third-order valence-corrected chi connectivity index (χ3v) is 0.925. The topological polar surface area (TPSA) is 9.23 Å². The summed E-state index contributed by atoms with van der Waals surface area (Å²) in [5.74, 6) is 0. The Kier molecular flexibility index (Phi) is 7.51. The van der Waals surface area contributed by atoms with Gasteiger partial charge in [0.05, 0.1) is 6.61 Å². The van der Waals surface area contributed by atoms with E-state index in [4.69, 9.17) is 4.74 Å². The normalized spacial score (nSPS) is 12.6. The van der Waals surface area contributed by atoms with Gasteiger partial charge in [-0.25, -0.2) is 0 Å². The summed E-state index contributed by atoms with van der Waals surface area (Å²) in [4.78, 5) is 0. The third-order valence-electron chi connectivity index (χ3n) is 0.925. The van der Waals surface area contributed by atoms with E-state index >= 15 is 0 Å². The molecule has 0 spiro atoms. The Bertz CT molecular complexity index is 132. The predicted molar refractivity (Wildman–Crippen MR) is 45.0 cm³/mol. The zero-order valence-electron chi connectivity index (χ0n) is 6.58. The molecule has 0 aromatic heterocycles. The van der Waals surface area contributed by atoms with E-state index in [9.17, 15) is 0 Å². The standard InChI is InChI=1S/C9H14O/c1-3-4-5-6-7-8-9-10-2/h3-8H,9H2,1-2H3/b4-3-,6-5-,8-7+. The zero-order chi connectivity index (χ0) is 7.66. The highest BCUT2D eigenvalue weighted by atomic mass is 16.5. The number of rotatable bonds is 4. The van der Waals surface area contributed by atoms with Gasteiger partial charge in [0.2, 0.25) is 0 Å². The second kappa shape index (κ2) is 8.18. The van der Waals surface area contributed by atoms with E-state index in [1.54, 1.807) is 7.11 Å². The summed E-state index contributed by atoms with van der Waals surface area (Å²) in [5, 5.41) is 0. The molecule has 0 aliphatic rings. The number of ether oxygens (including phenoxy) is 1. The van der Waals surface area contributed by atoms with Crippen molar-refractivity contribution in [1.82, 2.24) is 0 Å². The van der Waals surface area contributed by atoms with E-state index in [0.29, 0.717) is 6.61 Å². The van der Waals surface area contributed by atoms with Crippen LogP contribution in [0.5, 0.6) is 0 Å². The Morgan fingerprint density at radius 3 is 2.40 bits per heavy atom. The van der Waals surface area contributed by atoms with Crippen LogP contribution < -0.4 is 0 Å². The molecule has 0 aliphatic carbocycles. The van der Waals surface area contributed by atoms with E-state index < -0.39 is 0 Å². The predicted octanol–water partition coefficient (Wildman–Crippen LogP) is 2.32. The molecule has 0 rings (SSSR count). The van der Waals surface area contributed by atoms with Crippen LogP contribution in [0.25, 0.3) is 0 Å². The first-order valence-electron chi connectivity index (χ1n) is 3.35. The maximum absolute atomic E-state index is 4.81. The lowest BCUT2D eigenvalue weighted by molar-refractivity contribution is 0.234. The molecule has 1 heteroatoms. The molecule has 0 fully saturated rings. The molecule has 0 amide bonds. The highest BCUT2D eigenvalue weighted by Crippen LogP contribution is 1.79. The van der Waals surface area contributed by atoms with E-state index in [1.807, 2.05) is 43.4 Å². The highest BCUT2D eigenvalue weighted by Gasteiger charge is 1.66. The Morgan fingerprint density at radius 1 is 1.10 bits per heavy atom. The van der Waals surface area contributed by atoms with Crippen LogP contribution in [0.1, 0.15) is 6.92 Å². The van der Waals surface area contributed by atoms with Crippen molar-refractivity contribution in [2.45, 2.75) is 6.92 Å². The largest absolute Gasteiger partial charge is 0.381 e. The molecule has 0 atom stereocenters. The second-order valence-electron chi connectivity index (χ2n) is 1.79. The van der Waals surface area contributed by atoms with Crippen molar-refractivity contribution in [1.29, 1.82) is 0 Å². The van der Waals surface area contributed by atoms with Gasteiger partial charge in [-0.05, 0) is 6.92 Å². The molecule has 1 nitrogen and oxygen atoms in total. The lowest BCUT2D eigenvalue weighted by Crippen LogP contribution is -1.78. The van der Waals surface area contributed by atoms with Crippen molar-refractivity contribution in [3.8, 4) is 0 Å². The molecule has 0 unspecified atom stereocenters. The molecule has 0 aromatic rings. The molecular weight excluding hydrogens is 124 g/mol. The smallest absolute Gasteiger partial charge is 0.0646 e. The van der Waals surface area contributed by atoms with Crippen LogP contribution >= 0.6 is 0 Å². The molecule has 0 radical (unpaired) electrons. The Morgan fingerprint density at radius 2 is 1.80 bits per heavy atom. The molecule has 0 aliphatic heterocycles. The van der Waals surface area contributed by atoms with Gasteiger partial charge >= 0.3 is 0 Å². The first kappa shape index (κ1) is 9.18. The van der Waals surface area contributed by atoms with Crippen LogP contribution in [-0.4, -0.2) is 13.7 Å². The van der Waals surface area contributed by atoms with Crippen molar-refractivity contribution in [3.63, 3.8) is 0 Å². The van der Waals surface area contributed by atoms with Crippen molar-refractivity contribution < 1.29 is 4.74 Å². The van der Waals surface area contributed by atoms with Crippen LogP contribution in [0.3, 0.4) is 0 Å². The van der Waals surface area contributed by atoms with Crippen LogP contribution in [0.15, 0.2) is 36.5 Å². The molecule has 0 aromatic carbocycles. The minimum Gasteiger partial charge on any atom is -0.381 e. The Hall–Kier alpha value is -0.820. The van der Waals surface area contributed by atoms with Gasteiger partial charge in [0.1, 0.15) is 0 Å². The molecular formula is C9H14O. The fourth-order valence-electron chi connectivity index (χ4n) is 0.470. The number of hydrogen-bond acceptors (Lipinski definition) is 1. The van der Waals surface area contributed by atoms with Gasteiger partial charge in [0.15, 0.2) is 0 Å². The zero-order valence-corrected chi connectivity index (χ0v) is 6.58. The Balaban J connectivity index is 3.32. The Labute approximate surface area is 62.7 Å². The SMILES string of the molecule is C\C=C/C=C\C=C\COC. The minimum atomic E-state index is 0.681. The average molecular weight is 138 g/mol. The first-order valence-corrected chi connectivity index (χ1v) is 3.35. The van der Waals surface area contributed by atoms with Crippen molar-refractivity contribution in [3.05, 3.63) is 36.5 Å². The van der Waals surface area contributed by atoms with Crippen molar-refractivity contribution in [2.75, 3.05) is 13.7 Å². The fourth-order valence-corrected chi connectivity index (χ4v) is 0.470. The average Bonchev–Trinajstić information content (AvgIpc) is 1.97. The van der Waals surface area contributed by atoms with E-state index in [-0.39, 0.29) is 0 Å². The first-order chi connectivity index (χ1) is 4.91.